The maximum atomic E-state index is 12.6. The number of nitrogen functional groups attached to an aromatic ring is 1. The topological polar surface area (TPSA) is 89.3 Å². The third kappa shape index (κ3) is 1.86. The van der Waals surface area contributed by atoms with Gasteiger partial charge in [0.1, 0.15) is 0 Å². The van der Waals surface area contributed by atoms with E-state index in [2.05, 4.69) is 0 Å². The average Bonchev–Trinajstić information content (AvgIpc) is 2.51. The highest BCUT2D eigenvalue weighted by Gasteiger charge is 2.34. The van der Waals surface area contributed by atoms with Crippen LogP contribution in [-0.4, -0.2) is 17.5 Å². The quantitative estimate of drug-likeness (QED) is 0.407. The number of benzene rings is 2. The lowest BCUT2D eigenvalue weighted by Crippen LogP contribution is -2.33. The molecule has 0 heterocycles. The second kappa shape index (κ2) is 4.80. The zero-order chi connectivity index (χ0) is 15.1. The Labute approximate surface area is 124 Å². The van der Waals surface area contributed by atoms with Crippen molar-refractivity contribution in [2.45, 2.75) is 0 Å². The Balaban J connectivity index is 2.33. The number of nitrogens with two attached hydrogens (primary N) is 1. The van der Waals surface area contributed by atoms with Crippen LogP contribution in [0.5, 0.6) is 0 Å². The summed E-state index contributed by atoms with van der Waals surface area (Å²) < 4.78 is 0. The van der Waals surface area contributed by atoms with E-state index in [4.69, 9.17) is 17.4 Å². The maximum Gasteiger partial charge on any atom is 0.265 e. The van der Waals surface area contributed by atoms with Crippen LogP contribution in [-0.2, 0) is 0 Å². The largest absolute Gasteiger partial charge is 0.290 e. The number of hydrogen-bond acceptors (Lipinski definition) is 4. The Morgan fingerprint density at radius 1 is 0.952 bits per heavy atom. The maximum absolute atomic E-state index is 12.6. The van der Waals surface area contributed by atoms with Crippen molar-refractivity contribution in [3.8, 4) is 0 Å². The highest BCUT2D eigenvalue weighted by Crippen LogP contribution is 2.33. The predicted octanol–water partition coefficient (Wildman–Crippen LogP) is 1.72. The second-order valence-corrected chi connectivity index (χ2v) is 4.93. The molecule has 0 spiro atoms. The Morgan fingerprint density at radius 3 is 2.19 bits per heavy atom. The highest BCUT2D eigenvalue weighted by atomic mass is 35.5. The number of halogens is 1. The van der Waals surface area contributed by atoms with Gasteiger partial charge in [-0.3, -0.25) is 19.8 Å². The van der Waals surface area contributed by atoms with Crippen molar-refractivity contribution in [1.82, 2.24) is 5.43 Å². The van der Waals surface area contributed by atoms with Gasteiger partial charge in [0.2, 0.25) is 0 Å². The number of fused-ring (bicyclic) bond motifs is 2. The zero-order valence-electron chi connectivity index (χ0n) is 10.6. The van der Waals surface area contributed by atoms with Crippen LogP contribution in [0.15, 0.2) is 36.4 Å². The fourth-order valence-electron chi connectivity index (χ4n) is 2.47. The Bertz CT molecular complexity index is 815. The van der Waals surface area contributed by atoms with E-state index >= 15 is 0 Å². The van der Waals surface area contributed by atoms with E-state index in [9.17, 15) is 14.4 Å². The number of ketones is 2. The number of hydrogen-bond donors (Lipinski definition) is 2. The molecule has 21 heavy (non-hydrogen) atoms. The van der Waals surface area contributed by atoms with Gasteiger partial charge in [0.25, 0.3) is 5.91 Å². The first-order chi connectivity index (χ1) is 10.1. The van der Waals surface area contributed by atoms with Crippen LogP contribution in [0.2, 0.25) is 5.02 Å². The third-order valence-corrected chi connectivity index (χ3v) is 3.71. The van der Waals surface area contributed by atoms with Crippen molar-refractivity contribution in [2.75, 3.05) is 0 Å². The molecule has 0 saturated carbocycles. The minimum atomic E-state index is -0.626. The third-order valence-electron chi connectivity index (χ3n) is 3.40. The molecule has 1 aliphatic rings. The normalized spacial score (nSPS) is 12.7. The molecule has 6 heteroatoms. The SMILES string of the molecule is NNC(=O)c1cccc2c1C(=O)c1cccc(Cl)c1C2=O. The molecule has 0 saturated heterocycles. The summed E-state index contributed by atoms with van der Waals surface area (Å²) in [6.45, 7) is 0. The van der Waals surface area contributed by atoms with Crippen molar-refractivity contribution in [2.24, 2.45) is 5.84 Å². The summed E-state index contributed by atoms with van der Waals surface area (Å²) in [6.07, 6.45) is 0. The summed E-state index contributed by atoms with van der Waals surface area (Å²) in [4.78, 5) is 36.9. The van der Waals surface area contributed by atoms with Gasteiger partial charge in [-0.05, 0) is 12.1 Å². The van der Waals surface area contributed by atoms with E-state index in [0.717, 1.165) is 0 Å². The lowest BCUT2D eigenvalue weighted by Gasteiger charge is -2.20. The molecule has 3 N–H and O–H groups in total. The van der Waals surface area contributed by atoms with Gasteiger partial charge in [0.15, 0.2) is 11.6 Å². The monoisotopic (exact) mass is 300 g/mol. The minimum absolute atomic E-state index is 0.0558. The van der Waals surface area contributed by atoms with Crippen LogP contribution in [0.4, 0.5) is 0 Å². The molecule has 0 aliphatic heterocycles. The van der Waals surface area contributed by atoms with Crippen LogP contribution in [0.1, 0.15) is 42.2 Å². The summed E-state index contributed by atoms with van der Waals surface area (Å²) in [7, 11) is 0. The summed E-state index contributed by atoms with van der Waals surface area (Å²) in [6, 6.07) is 9.12. The number of carbonyl (C=O) groups excluding carboxylic acids is 3. The number of hydrazine groups is 1. The van der Waals surface area contributed by atoms with Gasteiger partial charge < -0.3 is 0 Å². The first-order valence-electron chi connectivity index (χ1n) is 6.08. The molecule has 0 radical (unpaired) electrons. The molecule has 2 aromatic carbocycles. The van der Waals surface area contributed by atoms with Crippen molar-refractivity contribution in [3.63, 3.8) is 0 Å². The molecule has 1 aliphatic carbocycles. The molecule has 0 aromatic heterocycles. The van der Waals surface area contributed by atoms with E-state index in [1.54, 1.807) is 12.1 Å². The molecule has 2 aromatic rings. The van der Waals surface area contributed by atoms with Gasteiger partial charge in [-0.25, -0.2) is 5.84 Å². The molecular formula is C15H9ClN2O3. The van der Waals surface area contributed by atoms with Crippen LogP contribution in [0.25, 0.3) is 0 Å². The fourth-order valence-corrected chi connectivity index (χ4v) is 2.73. The number of amides is 1. The lowest BCUT2D eigenvalue weighted by molar-refractivity contribution is 0.0937. The Hall–Kier alpha value is -2.50. The molecular weight excluding hydrogens is 292 g/mol. The van der Waals surface area contributed by atoms with Gasteiger partial charge in [-0.15, -0.1) is 0 Å². The van der Waals surface area contributed by atoms with Crippen LogP contribution >= 0.6 is 11.6 Å². The van der Waals surface area contributed by atoms with Crippen molar-refractivity contribution in [3.05, 3.63) is 69.2 Å². The van der Waals surface area contributed by atoms with E-state index in [1.165, 1.54) is 24.3 Å². The van der Waals surface area contributed by atoms with E-state index < -0.39 is 11.7 Å². The molecule has 0 unspecified atom stereocenters. The molecule has 0 fully saturated rings. The zero-order valence-corrected chi connectivity index (χ0v) is 11.4. The van der Waals surface area contributed by atoms with Crippen molar-refractivity contribution in [1.29, 1.82) is 0 Å². The second-order valence-electron chi connectivity index (χ2n) is 4.52. The van der Waals surface area contributed by atoms with Crippen LogP contribution in [0, 0.1) is 0 Å². The predicted molar refractivity (Wildman–Crippen MR) is 76.4 cm³/mol. The summed E-state index contributed by atoms with van der Waals surface area (Å²) in [5, 5.41) is 0.213. The molecule has 5 nitrogen and oxygen atoms in total. The fraction of sp³-hybridized carbons (Fsp3) is 0. The molecule has 1 amide bonds. The van der Waals surface area contributed by atoms with Gasteiger partial charge in [-0.2, -0.15) is 0 Å². The molecule has 0 atom stereocenters. The molecule has 0 bridgehead atoms. The number of rotatable bonds is 1. The standard InChI is InChI=1S/C15H9ClN2O3/c16-10-6-2-4-8-12(10)14(20)7-3-1-5-9(15(21)18-17)11(7)13(8)19/h1-6H,17H2,(H,18,21). The molecule has 3 rings (SSSR count). The lowest BCUT2D eigenvalue weighted by atomic mass is 9.81. The number of nitrogens with one attached hydrogen (secondary N) is 1. The average molecular weight is 301 g/mol. The molecule has 104 valence electrons. The van der Waals surface area contributed by atoms with Crippen LogP contribution < -0.4 is 11.3 Å². The van der Waals surface area contributed by atoms with Gasteiger partial charge >= 0.3 is 0 Å². The van der Waals surface area contributed by atoms with E-state index in [1.807, 2.05) is 5.43 Å². The minimum Gasteiger partial charge on any atom is -0.290 e. The van der Waals surface area contributed by atoms with E-state index in [0.29, 0.717) is 0 Å². The first kappa shape index (κ1) is 13.5. The summed E-state index contributed by atoms with van der Waals surface area (Å²) >= 11 is 6.03. The summed E-state index contributed by atoms with van der Waals surface area (Å²) in [5.74, 6) is 3.70. The van der Waals surface area contributed by atoms with Crippen molar-refractivity contribution < 1.29 is 14.4 Å². The van der Waals surface area contributed by atoms with Crippen LogP contribution in [0.3, 0.4) is 0 Å². The van der Waals surface area contributed by atoms with E-state index in [-0.39, 0.29) is 38.6 Å². The highest BCUT2D eigenvalue weighted by molar-refractivity contribution is 6.39. The smallest absolute Gasteiger partial charge is 0.265 e. The van der Waals surface area contributed by atoms with Gasteiger partial charge in [0, 0.05) is 16.7 Å². The summed E-state index contributed by atoms with van der Waals surface area (Å²) in [5.41, 5.74) is 2.61. The number of carbonyl (C=O) groups is 3. The van der Waals surface area contributed by atoms with Crippen molar-refractivity contribution >= 4 is 29.1 Å². The Kier molecular flexibility index (Phi) is 3.08. The first-order valence-corrected chi connectivity index (χ1v) is 6.46. The van der Waals surface area contributed by atoms with Gasteiger partial charge in [-0.1, -0.05) is 35.9 Å². The Morgan fingerprint density at radius 2 is 1.52 bits per heavy atom. The van der Waals surface area contributed by atoms with Gasteiger partial charge in [0.05, 0.1) is 16.1 Å².